The van der Waals surface area contributed by atoms with E-state index in [0.29, 0.717) is 10.9 Å². The van der Waals surface area contributed by atoms with Crippen molar-refractivity contribution in [2.75, 3.05) is 18.0 Å². The fourth-order valence-electron chi connectivity index (χ4n) is 3.80. The Morgan fingerprint density at radius 1 is 1.09 bits per heavy atom. The van der Waals surface area contributed by atoms with E-state index < -0.39 is 7.12 Å². The Hall–Kier alpha value is -1.59. The SMILES string of the molecule is Cc1c(B(O)O)c(N2CCC3(CC2)CC3)nc2ccccc12. The van der Waals surface area contributed by atoms with Crippen LogP contribution in [0.5, 0.6) is 0 Å². The molecule has 1 aromatic heterocycles. The minimum Gasteiger partial charge on any atom is -0.423 e. The summed E-state index contributed by atoms with van der Waals surface area (Å²) in [6.45, 7) is 3.88. The second-order valence-electron chi connectivity index (χ2n) is 6.85. The molecule has 5 heteroatoms. The van der Waals surface area contributed by atoms with E-state index in [4.69, 9.17) is 4.98 Å². The Labute approximate surface area is 130 Å². The van der Waals surface area contributed by atoms with E-state index in [9.17, 15) is 10.0 Å². The number of piperidine rings is 1. The second-order valence-corrected chi connectivity index (χ2v) is 6.85. The standard InChI is InChI=1S/C17H21BN2O2/c1-12-13-4-2-3-5-14(13)19-16(15(12)18(21)22)20-10-8-17(6-7-17)9-11-20/h2-5,21-22H,6-11H2,1H3. The van der Waals surface area contributed by atoms with Gasteiger partial charge in [-0.05, 0) is 49.7 Å². The van der Waals surface area contributed by atoms with Crippen LogP contribution in [0.15, 0.2) is 24.3 Å². The molecule has 1 saturated heterocycles. The maximum atomic E-state index is 9.88. The van der Waals surface area contributed by atoms with Gasteiger partial charge in [-0.1, -0.05) is 18.2 Å². The van der Waals surface area contributed by atoms with Crippen molar-refractivity contribution in [2.45, 2.75) is 32.6 Å². The van der Waals surface area contributed by atoms with Crippen LogP contribution in [0, 0.1) is 12.3 Å². The summed E-state index contributed by atoms with van der Waals surface area (Å²) in [5.74, 6) is 0.752. The second kappa shape index (κ2) is 4.96. The van der Waals surface area contributed by atoms with Crippen molar-refractivity contribution in [3.8, 4) is 0 Å². The zero-order valence-corrected chi connectivity index (χ0v) is 12.9. The number of rotatable bonds is 2. The van der Waals surface area contributed by atoms with Gasteiger partial charge in [-0.15, -0.1) is 0 Å². The molecule has 1 spiro atoms. The molecule has 2 heterocycles. The van der Waals surface area contributed by atoms with Crippen molar-refractivity contribution in [1.29, 1.82) is 0 Å². The molecule has 2 aromatic rings. The van der Waals surface area contributed by atoms with Crippen LogP contribution in [0.4, 0.5) is 5.82 Å². The third-order valence-corrected chi connectivity index (χ3v) is 5.52. The Morgan fingerprint density at radius 3 is 2.41 bits per heavy atom. The fraction of sp³-hybridized carbons (Fsp3) is 0.471. The summed E-state index contributed by atoms with van der Waals surface area (Å²) >= 11 is 0. The summed E-state index contributed by atoms with van der Waals surface area (Å²) in [5, 5.41) is 20.7. The molecule has 4 nitrogen and oxygen atoms in total. The molecule has 0 unspecified atom stereocenters. The first-order valence-electron chi connectivity index (χ1n) is 8.10. The number of hydrogen-bond donors (Lipinski definition) is 2. The van der Waals surface area contributed by atoms with Gasteiger partial charge in [0.2, 0.25) is 0 Å². The molecule has 1 aromatic carbocycles. The van der Waals surface area contributed by atoms with E-state index >= 15 is 0 Å². The molecule has 1 saturated carbocycles. The minimum absolute atomic E-state index is 0.561. The predicted molar refractivity (Wildman–Crippen MR) is 89.4 cm³/mol. The van der Waals surface area contributed by atoms with Crippen molar-refractivity contribution in [3.63, 3.8) is 0 Å². The van der Waals surface area contributed by atoms with Crippen LogP contribution < -0.4 is 10.4 Å². The Morgan fingerprint density at radius 2 is 1.77 bits per heavy atom. The molecular weight excluding hydrogens is 275 g/mol. The van der Waals surface area contributed by atoms with Gasteiger partial charge in [0, 0.05) is 23.9 Å². The number of nitrogens with zero attached hydrogens (tertiary/aromatic N) is 2. The maximum absolute atomic E-state index is 9.88. The molecular formula is C17H21BN2O2. The molecule has 0 atom stereocenters. The summed E-state index contributed by atoms with van der Waals surface area (Å²) in [7, 11) is -1.48. The molecule has 2 N–H and O–H groups in total. The monoisotopic (exact) mass is 296 g/mol. The summed E-state index contributed by atoms with van der Waals surface area (Å²) in [5.41, 5.74) is 3.00. The molecule has 22 heavy (non-hydrogen) atoms. The van der Waals surface area contributed by atoms with Crippen molar-refractivity contribution < 1.29 is 10.0 Å². The lowest BCUT2D eigenvalue weighted by atomic mass is 9.76. The van der Waals surface area contributed by atoms with E-state index in [0.717, 1.165) is 35.4 Å². The molecule has 0 bridgehead atoms. The topological polar surface area (TPSA) is 56.6 Å². The van der Waals surface area contributed by atoms with Gasteiger partial charge in [0.15, 0.2) is 0 Å². The molecule has 1 aliphatic heterocycles. The van der Waals surface area contributed by atoms with Gasteiger partial charge < -0.3 is 14.9 Å². The lowest BCUT2D eigenvalue weighted by Gasteiger charge is -2.34. The number of para-hydroxylation sites is 1. The summed E-state index contributed by atoms with van der Waals surface area (Å²) in [4.78, 5) is 6.99. The lowest BCUT2D eigenvalue weighted by Crippen LogP contribution is -2.43. The first-order valence-corrected chi connectivity index (χ1v) is 8.10. The van der Waals surface area contributed by atoms with E-state index in [1.807, 2.05) is 31.2 Å². The zero-order valence-electron chi connectivity index (χ0n) is 12.9. The van der Waals surface area contributed by atoms with Gasteiger partial charge in [-0.3, -0.25) is 0 Å². The zero-order chi connectivity index (χ0) is 15.3. The molecule has 2 aliphatic rings. The number of fused-ring (bicyclic) bond motifs is 1. The summed E-state index contributed by atoms with van der Waals surface area (Å²) in [6, 6.07) is 7.92. The average molecular weight is 296 g/mol. The smallest absolute Gasteiger partial charge is 0.423 e. The lowest BCUT2D eigenvalue weighted by molar-refractivity contribution is 0.383. The quantitative estimate of drug-likeness (QED) is 0.827. The van der Waals surface area contributed by atoms with Gasteiger partial charge in [0.05, 0.1) is 5.52 Å². The van der Waals surface area contributed by atoms with E-state index in [-0.39, 0.29) is 0 Å². The Balaban J connectivity index is 1.79. The molecule has 4 rings (SSSR count). The van der Waals surface area contributed by atoms with Crippen LogP contribution in [-0.4, -0.2) is 35.2 Å². The first-order chi connectivity index (χ1) is 10.6. The van der Waals surface area contributed by atoms with E-state index in [2.05, 4.69) is 4.90 Å². The fourth-order valence-corrected chi connectivity index (χ4v) is 3.80. The van der Waals surface area contributed by atoms with Crippen molar-refractivity contribution in [2.24, 2.45) is 5.41 Å². The minimum atomic E-state index is -1.48. The number of aryl methyl sites for hydroxylation is 1. The van der Waals surface area contributed by atoms with Crippen molar-refractivity contribution in [3.05, 3.63) is 29.8 Å². The van der Waals surface area contributed by atoms with Crippen LogP contribution in [-0.2, 0) is 0 Å². The van der Waals surface area contributed by atoms with Gasteiger partial charge in [0.25, 0.3) is 0 Å². The Bertz CT molecular complexity index is 718. The summed E-state index contributed by atoms with van der Waals surface area (Å²) in [6.07, 6.45) is 5.12. The highest BCUT2D eigenvalue weighted by molar-refractivity contribution is 6.61. The molecule has 0 radical (unpaired) electrons. The molecule has 114 valence electrons. The number of benzene rings is 1. The van der Waals surface area contributed by atoms with Crippen molar-refractivity contribution in [1.82, 2.24) is 4.98 Å². The van der Waals surface area contributed by atoms with Gasteiger partial charge in [-0.2, -0.15) is 0 Å². The maximum Gasteiger partial charge on any atom is 0.492 e. The normalized spacial score (nSPS) is 19.7. The number of pyridine rings is 1. The predicted octanol–water partition coefficient (Wildman–Crippen LogP) is 1.60. The number of aromatic nitrogens is 1. The van der Waals surface area contributed by atoms with Crippen LogP contribution in [0.25, 0.3) is 10.9 Å². The summed E-state index contributed by atoms with van der Waals surface area (Å²) < 4.78 is 0. The Kier molecular flexibility index (Phi) is 3.17. The molecule has 1 aliphatic carbocycles. The molecule has 0 amide bonds. The van der Waals surface area contributed by atoms with Crippen LogP contribution in [0.2, 0.25) is 0 Å². The van der Waals surface area contributed by atoms with Gasteiger partial charge in [-0.25, -0.2) is 4.98 Å². The highest BCUT2D eigenvalue weighted by Gasteiger charge is 2.45. The first kappa shape index (κ1) is 14.0. The largest absolute Gasteiger partial charge is 0.492 e. The van der Waals surface area contributed by atoms with Gasteiger partial charge in [0.1, 0.15) is 5.82 Å². The highest BCUT2D eigenvalue weighted by atomic mass is 16.4. The van der Waals surface area contributed by atoms with E-state index in [1.165, 1.54) is 25.7 Å². The van der Waals surface area contributed by atoms with E-state index in [1.54, 1.807) is 0 Å². The third kappa shape index (κ3) is 2.20. The van der Waals surface area contributed by atoms with Crippen LogP contribution in [0.3, 0.4) is 0 Å². The average Bonchev–Trinajstić information content (AvgIpc) is 3.27. The van der Waals surface area contributed by atoms with Crippen LogP contribution >= 0.6 is 0 Å². The van der Waals surface area contributed by atoms with Crippen molar-refractivity contribution >= 4 is 29.3 Å². The third-order valence-electron chi connectivity index (χ3n) is 5.52. The van der Waals surface area contributed by atoms with Gasteiger partial charge >= 0.3 is 7.12 Å². The van der Waals surface area contributed by atoms with Crippen LogP contribution in [0.1, 0.15) is 31.2 Å². The highest BCUT2D eigenvalue weighted by Crippen LogP contribution is 2.53. The number of anilines is 1. The molecule has 2 fully saturated rings. The number of hydrogen-bond acceptors (Lipinski definition) is 4.